The largest absolute Gasteiger partial charge is 0.514 e. The van der Waals surface area contributed by atoms with E-state index < -0.39 is 0 Å². The molecule has 0 aliphatic heterocycles. The van der Waals surface area contributed by atoms with E-state index in [0.717, 1.165) is 6.26 Å². The molecule has 0 bridgehead atoms. The fourth-order valence-electron chi connectivity index (χ4n) is 0.204. The number of hydrogen-bond acceptors (Lipinski definition) is 2. The quantitative estimate of drug-likeness (QED) is 0.311. The molecule has 0 aromatic heterocycles. The summed E-state index contributed by atoms with van der Waals surface area (Å²) < 4.78 is 0. The predicted molar refractivity (Wildman–Crippen MR) is 30.0 cm³/mol. The van der Waals surface area contributed by atoms with Crippen molar-refractivity contribution in [3.05, 3.63) is 25.1 Å². The second kappa shape index (κ2) is 5.08. The number of aliphatic hydroxyl groups is 1. The van der Waals surface area contributed by atoms with E-state index in [1.165, 1.54) is 6.20 Å². The van der Waals surface area contributed by atoms with Crippen LogP contribution in [0.1, 0.15) is 0 Å². The van der Waals surface area contributed by atoms with Gasteiger partial charge in [0.15, 0.2) is 0 Å². The highest BCUT2D eigenvalue weighted by molar-refractivity contribution is 4.76. The van der Waals surface area contributed by atoms with Crippen molar-refractivity contribution >= 4 is 0 Å². The van der Waals surface area contributed by atoms with Crippen molar-refractivity contribution in [3.63, 3.8) is 0 Å². The Hall–Kier alpha value is -0.920. The predicted octanol–water partition coefficient (Wildman–Crippen LogP) is 0.791. The van der Waals surface area contributed by atoms with Crippen LogP contribution in [0.25, 0.3) is 0 Å². The van der Waals surface area contributed by atoms with Gasteiger partial charge in [-0.25, -0.2) is 0 Å². The molecule has 2 heteroatoms. The van der Waals surface area contributed by atoms with Gasteiger partial charge < -0.3 is 10.4 Å². The summed E-state index contributed by atoms with van der Waals surface area (Å²) in [5.74, 6) is 0. The molecule has 0 radical (unpaired) electrons. The van der Waals surface area contributed by atoms with Crippen LogP contribution in [0.2, 0.25) is 0 Å². The van der Waals surface area contributed by atoms with Crippen molar-refractivity contribution in [2.45, 2.75) is 0 Å². The van der Waals surface area contributed by atoms with Crippen molar-refractivity contribution in [2.75, 3.05) is 6.54 Å². The molecule has 7 heavy (non-hydrogen) atoms. The number of rotatable bonds is 3. The van der Waals surface area contributed by atoms with Gasteiger partial charge in [0.25, 0.3) is 0 Å². The van der Waals surface area contributed by atoms with Gasteiger partial charge >= 0.3 is 0 Å². The maximum Gasteiger partial charge on any atom is 0.0948 e. The van der Waals surface area contributed by atoms with Crippen LogP contribution < -0.4 is 5.32 Å². The lowest BCUT2D eigenvalue weighted by Gasteiger charge is -1.87. The molecule has 0 spiro atoms. The lowest BCUT2D eigenvalue weighted by atomic mass is 10.6. The van der Waals surface area contributed by atoms with Crippen LogP contribution in [0.3, 0.4) is 0 Å². The van der Waals surface area contributed by atoms with Crippen LogP contribution in [0.4, 0.5) is 0 Å². The molecule has 0 aromatic carbocycles. The van der Waals surface area contributed by atoms with E-state index in [1.54, 1.807) is 6.08 Å². The molecule has 0 saturated carbocycles. The molecule has 40 valence electrons. The Morgan fingerprint density at radius 3 is 2.86 bits per heavy atom. The minimum Gasteiger partial charge on any atom is -0.514 e. The summed E-state index contributed by atoms with van der Waals surface area (Å²) in [7, 11) is 0. The highest BCUT2D eigenvalue weighted by atomic mass is 16.2. The molecule has 0 atom stereocenters. The van der Waals surface area contributed by atoms with Gasteiger partial charge in [0.1, 0.15) is 0 Å². The monoisotopic (exact) mass is 99.1 g/mol. The van der Waals surface area contributed by atoms with Crippen LogP contribution in [-0.4, -0.2) is 11.7 Å². The van der Waals surface area contributed by atoms with Gasteiger partial charge in [-0.2, -0.15) is 0 Å². The van der Waals surface area contributed by atoms with E-state index in [1.807, 2.05) is 0 Å². The van der Waals surface area contributed by atoms with Gasteiger partial charge in [-0.1, -0.05) is 6.08 Å². The van der Waals surface area contributed by atoms with E-state index in [0.29, 0.717) is 6.54 Å². The highest BCUT2D eigenvalue weighted by Crippen LogP contribution is 1.59. The smallest absolute Gasteiger partial charge is 0.0948 e. The minimum atomic E-state index is 0.692. The summed E-state index contributed by atoms with van der Waals surface area (Å²) in [6.07, 6.45) is 4.10. The average molecular weight is 99.1 g/mol. The summed E-state index contributed by atoms with van der Waals surface area (Å²) in [5.41, 5.74) is 0. The first kappa shape index (κ1) is 6.08. The molecule has 0 fully saturated rings. The van der Waals surface area contributed by atoms with E-state index in [-0.39, 0.29) is 0 Å². The Kier molecular flexibility index (Phi) is 4.41. The lowest BCUT2D eigenvalue weighted by molar-refractivity contribution is 0.469. The van der Waals surface area contributed by atoms with Crippen molar-refractivity contribution in [1.29, 1.82) is 0 Å². The van der Waals surface area contributed by atoms with E-state index >= 15 is 0 Å². The molecule has 0 aliphatic carbocycles. The lowest BCUT2D eigenvalue weighted by Crippen LogP contribution is -2.02. The number of aliphatic hydroxyl groups excluding tert-OH is 1. The molecule has 0 rings (SSSR count). The molecule has 0 aliphatic rings. The molecule has 0 amide bonds. The van der Waals surface area contributed by atoms with Gasteiger partial charge in [-0.15, -0.1) is 6.58 Å². The van der Waals surface area contributed by atoms with Gasteiger partial charge in [-0.3, -0.25) is 0 Å². The molecule has 0 aromatic rings. The maximum atomic E-state index is 8.02. The summed E-state index contributed by atoms with van der Waals surface area (Å²) >= 11 is 0. The van der Waals surface area contributed by atoms with Crippen LogP contribution in [0, 0.1) is 0 Å². The topological polar surface area (TPSA) is 32.3 Å². The Labute approximate surface area is 43.2 Å². The highest BCUT2D eigenvalue weighted by Gasteiger charge is 1.63. The maximum absolute atomic E-state index is 8.02. The Morgan fingerprint density at radius 1 is 1.71 bits per heavy atom. The van der Waals surface area contributed by atoms with Gasteiger partial charge in [-0.05, 0) is 0 Å². The SMILES string of the molecule is C=CCNC=CO. The number of hydrogen-bond donors (Lipinski definition) is 2. The second-order valence-corrected chi connectivity index (χ2v) is 1.01. The van der Waals surface area contributed by atoms with Crippen LogP contribution in [0.5, 0.6) is 0 Å². The molecular formula is C5H9NO. The fraction of sp³-hybridized carbons (Fsp3) is 0.200. The van der Waals surface area contributed by atoms with E-state index in [9.17, 15) is 0 Å². The normalized spacial score (nSPS) is 9.14. The molecule has 0 unspecified atom stereocenters. The Bertz CT molecular complexity index is 68.5. The van der Waals surface area contributed by atoms with Crippen molar-refractivity contribution < 1.29 is 5.11 Å². The summed E-state index contributed by atoms with van der Waals surface area (Å²) in [6.45, 7) is 4.15. The molecular weight excluding hydrogens is 90.1 g/mol. The van der Waals surface area contributed by atoms with Crippen LogP contribution >= 0.6 is 0 Å². The summed E-state index contributed by atoms with van der Waals surface area (Å²) in [4.78, 5) is 0. The first-order valence-electron chi connectivity index (χ1n) is 2.05. The van der Waals surface area contributed by atoms with Crippen molar-refractivity contribution in [1.82, 2.24) is 5.32 Å². The molecule has 2 N–H and O–H groups in total. The van der Waals surface area contributed by atoms with Crippen molar-refractivity contribution in [2.24, 2.45) is 0 Å². The Morgan fingerprint density at radius 2 is 2.43 bits per heavy atom. The molecule has 0 heterocycles. The van der Waals surface area contributed by atoms with Gasteiger partial charge in [0.2, 0.25) is 0 Å². The molecule has 0 saturated heterocycles. The standard InChI is InChI=1S/C5H9NO/c1-2-3-6-4-5-7/h2,4-7H,1,3H2. The second-order valence-electron chi connectivity index (χ2n) is 1.01. The average Bonchev–Trinajstić information content (AvgIpc) is 1.69. The summed E-state index contributed by atoms with van der Waals surface area (Å²) in [6, 6.07) is 0. The zero-order chi connectivity index (χ0) is 5.54. The van der Waals surface area contributed by atoms with E-state index in [4.69, 9.17) is 5.11 Å². The fourth-order valence-corrected chi connectivity index (χ4v) is 0.204. The van der Waals surface area contributed by atoms with E-state index in [2.05, 4.69) is 11.9 Å². The third kappa shape index (κ3) is 5.08. The first-order valence-corrected chi connectivity index (χ1v) is 2.05. The van der Waals surface area contributed by atoms with Gasteiger partial charge in [0, 0.05) is 12.7 Å². The van der Waals surface area contributed by atoms with Crippen LogP contribution in [-0.2, 0) is 0 Å². The molecule has 2 nitrogen and oxygen atoms in total. The zero-order valence-corrected chi connectivity index (χ0v) is 4.09. The zero-order valence-electron chi connectivity index (χ0n) is 4.09. The van der Waals surface area contributed by atoms with Crippen molar-refractivity contribution in [3.8, 4) is 0 Å². The summed E-state index contributed by atoms with van der Waals surface area (Å²) in [5, 5.41) is 10.8. The Balaban J connectivity index is 2.82. The number of nitrogens with one attached hydrogen (secondary N) is 1. The third-order valence-electron chi connectivity index (χ3n) is 0.455. The minimum absolute atomic E-state index is 0.692. The third-order valence-corrected chi connectivity index (χ3v) is 0.455. The van der Waals surface area contributed by atoms with Crippen LogP contribution in [0.15, 0.2) is 25.1 Å². The van der Waals surface area contributed by atoms with Gasteiger partial charge in [0.05, 0.1) is 6.26 Å². The first-order chi connectivity index (χ1) is 3.41.